The molecule has 1 unspecified atom stereocenters. The van der Waals surface area contributed by atoms with Crippen molar-refractivity contribution in [1.29, 1.82) is 0 Å². The van der Waals surface area contributed by atoms with Crippen molar-refractivity contribution < 1.29 is 4.79 Å². The van der Waals surface area contributed by atoms with Crippen molar-refractivity contribution in [3.8, 4) is 5.69 Å². The zero-order valence-electron chi connectivity index (χ0n) is 18.6. The number of rotatable bonds is 5. The van der Waals surface area contributed by atoms with Crippen LogP contribution < -0.4 is 16.6 Å². The Morgan fingerprint density at radius 2 is 1.70 bits per heavy atom. The number of aromatic nitrogens is 2. The van der Waals surface area contributed by atoms with Crippen LogP contribution in [0.1, 0.15) is 29.7 Å². The van der Waals surface area contributed by atoms with Gasteiger partial charge < -0.3 is 5.32 Å². The summed E-state index contributed by atoms with van der Waals surface area (Å²) in [5.41, 5.74) is 2.68. The number of hydrogen-bond donors (Lipinski definition) is 1. The quantitative estimate of drug-likeness (QED) is 0.481. The number of benzene rings is 3. The van der Waals surface area contributed by atoms with Crippen LogP contribution in [0.5, 0.6) is 0 Å². The average molecular weight is 462 g/mol. The Morgan fingerprint density at radius 3 is 2.39 bits per heavy atom. The van der Waals surface area contributed by atoms with E-state index in [-0.39, 0.29) is 18.5 Å². The number of nitrogens with zero attached hydrogens (tertiary/aromatic N) is 2. The maximum Gasteiger partial charge on any atom is 0.336 e. The fourth-order valence-electron chi connectivity index (χ4n) is 3.84. The van der Waals surface area contributed by atoms with Gasteiger partial charge in [-0.25, -0.2) is 9.36 Å². The first kappa shape index (κ1) is 22.6. The van der Waals surface area contributed by atoms with Crippen molar-refractivity contribution in [3.05, 3.63) is 109 Å². The maximum absolute atomic E-state index is 13.5. The second kappa shape index (κ2) is 9.08. The van der Waals surface area contributed by atoms with Gasteiger partial charge in [-0.05, 0) is 67.8 Å². The Bertz CT molecular complexity index is 1470. The summed E-state index contributed by atoms with van der Waals surface area (Å²) in [6.07, 6.45) is 0. The summed E-state index contributed by atoms with van der Waals surface area (Å²) in [5, 5.41) is 3.60. The Labute approximate surface area is 196 Å². The highest BCUT2D eigenvalue weighted by Gasteiger charge is 2.18. The van der Waals surface area contributed by atoms with Crippen molar-refractivity contribution in [2.45, 2.75) is 33.4 Å². The van der Waals surface area contributed by atoms with Crippen LogP contribution in [-0.2, 0) is 11.3 Å². The summed E-state index contributed by atoms with van der Waals surface area (Å²) in [6, 6.07) is 19.4. The smallest absolute Gasteiger partial charge is 0.336 e. The minimum Gasteiger partial charge on any atom is -0.348 e. The van der Waals surface area contributed by atoms with Crippen molar-refractivity contribution >= 4 is 28.4 Å². The topological polar surface area (TPSA) is 73.1 Å². The summed E-state index contributed by atoms with van der Waals surface area (Å²) in [7, 11) is 0. The van der Waals surface area contributed by atoms with Crippen molar-refractivity contribution in [3.63, 3.8) is 0 Å². The zero-order chi connectivity index (χ0) is 23.7. The first-order chi connectivity index (χ1) is 15.8. The molecule has 1 heterocycles. The van der Waals surface area contributed by atoms with Gasteiger partial charge in [0.2, 0.25) is 5.91 Å². The predicted molar refractivity (Wildman–Crippen MR) is 131 cm³/mol. The second-order valence-electron chi connectivity index (χ2n) is 8.14. The molecule has 1 N–H and O–H groups in total. The van der Waals surface area contributed by atoms with Gasteiger partial charge in [0.05, 0.1) is 22.6 Å². The molecule has 0 fully saturated rings. The van der Waals surface area contributed by atoms with Gasteiger partial charge in [-0.15, -0.1) is 0 Å². The monoisotopic (exact) mass is 461 g/mol. The average Bonchev–Trinajstić information content (AvgIpc) is 2.79. The summed E-state index contributed by atoms with van der Waals surface area (Å²) in [6.45, 7) is 5.50. The number of aryl methyl sites for hydroxylation is 2. The van der Waals surface area contributed by atoms with E-state index >= 15 is 0 Å². The molecule has 0 aliphatic carbocycles. The largest absolute Gasteiger partial charge is 0.348 e. The Kier molecular flexibility index (Phi) is 6.20. The molecule has 0 bridgehead atoms. The van der Waals surface area contributed by atoms with Crippen LogP contribution in [0.2, 0.25) is 5.02 Å². The first-order valence-electron chi connectivity index (χ1n) is 10.6. The number of amides is 1. The molecule has 1 amide bonds. The molecular formula is C26H24ClN3O3. The number of hydrogen-bond acceptors (Lipinski definition) is 3. The van der Waals surface area contributed by atoms with E-state index in [9.17, 15) is 14.4 Å². The summed E-state index contributed by atoms with van der Waals surface area (Å²) < 4.78 is 2.40. The Morgan fingerprint density at radius 1 is 0.970 bits per heavy atom. The molecule has 0 radical (unpaired) electrons. The number of carbonyl (C=O) groups is 1. The second-order valence-corrected chi connectivity index (χ2v) is 8.58. The molecule has 1 aromatic heterocycles. The van der Waals surface area contributed by atoms with E-state index in [4.69, 9.17) is 11.6 Å². The molecule has 1 atom stereocenters. The molecule has 0 aliphatic heterocycles. The van der Waals surface area contributed by atoms with Gasteiger partial charge in [-0.1, -0.05) is 48.0 Å². The molecular weight excluding hydrogens is 438 g/mol. The molecule has 6 nitrogen and oxygen atoms in total. The molecule has 0 saturated carbocycles. The molecule has 0 saturated heterocycles. The minimum atomic E-state index is -0.597. The molecule has 4 aromatic rings. The van der Waals surface area contributed by atoms with E-state index in [2.05, 4.69) is 5.32 Å². The highest BCUT2D eigenvalue weighted by molar-refractivity contribution is 6.31. The van der Waals surface area contributed by atoms with Gasteiger partial charge >= 0.3 is 5.69 Å². The van der Waals surface area contributed by atoms with E-state index in [1.165, 1.54) is 4.57 Å². The van der Waals surface area contributed by atoms with Crippen molar-refractivity contribution in [2.24, 2.45) is 0 Å². The van der Waals surface area contributed by atoms with E-state index < -0.39 is 11.2 Å². The van der Waals surface area contributed by atoms with Crippen LogP contribution in [0, 0.1) is 13.8 Å². The van der Waals surface area contributed by atoms with Crippen LogP contribution >= 0.6 is 11.6 Å². The predicted octanol–water partition coefficient (Wildman–Crippen LogP) is 4.30. The number of nitrogens with one attached hydrogen (secondary N) is 1. The molecule has 0 spiro atoms. The van der Waals surface area contributed by atoms with E-state index in [0.717, 1.165) is 21.3 Å². The van der Waals surface area contributed by atoms with Crippen LogP contribution in [0.3, 0.4) is 0 Å². The number of carbonyl (C=O) groups excluding carboxylic acids is 1. The number of halogens is 1. The SMILES string of the molecule is Cc1ccc(-n2c(=O)c3ccc(Cl)cc3n(CC(=O)NC(C)c3ccccc3)c2=O)cc1C. The van der Waals surface area contributed by atoms with Gasteiger partial charge in [-0.3, -0.25) is 14.2 Å². The van der Waals surface area contributed by atoms with Gasteiger partial charge in [0.1, 0.15) is 6.54 Å². The molecule has 4 rings (SSSR count). The molecule has 0 aliphatic rings. The lowest BCUT2D eigenvalue weighted by Gasteiger charge is -2.17. The summed E-state index contributed by atoms with van der Waals surface area (Å²) in [5.74, 6) is -0.347. The van der Waals surface area contributed by atoms with Gasteiger partial charge in [0, 0.05) is 5.02 Å². The Balaban J connectivity index is 1.82. The zero-order valence-corrected chi connectivity index (χ0v) is 19.4. The normalized spacial score (nSPS) is 12.0. The molecule has 33 heavy (non-hydrogen) atoms. The van der Waals surface area contributed by atoms with E-state index in [1.54, 1.807) is 30.3 Å². The van der Waals surface area contributed by atoms with Crippen LogP contribution in [0.4, 0.5) is 0 Å². The van der Waals surface area contributed by atoms with Crippen LogP contribution in [0.15, 0.2) is 76.3 Å². The molecule has 7 heteroatoms. The van der Waals surface area contributed by atoms with Gasteiger partial charge in [0.25, 0.3) is 5.56 Å². The molecule has 3 aromatic carbocycles. The third kappa shape index (κ3) is 4.47. The number of fused-ring (bicyclic) bond motifs is 1. The van der Waals surface area contributed by atoms with Gasteiger partial charge in [-0.2, -0.15) is 0 Å². The third-order valence-electron chi connectivity index (χ3n) is 5.83. The van der Waals surface area contributed by atoms with E-state index in [1.807, 2.05) is 57.2 Å². The summed E-state index contributed by atoms with van der Waals surface area (Å²) >= 11 is 6.17. The van der Waals surface area contributed by atoms with Crippen LogP contribution in [0.25, 0.3) is 16.6 Å². The van der Waals surface area contributed by atoms with Crippen molar-refractivity contribution in [2.75, 3.05) is 0 Å². The van der Waals surface area contributed by atoms with E-state index in [0.29, 0.717) is 21.6 Å². The Hall–Kier alpha value is -3.64. The van der Waals surface area contributed by atoms with Gasteiger partial charge in [0.15, 0.2) is 0 Å². The lowest BCUT2D eigenvalue weighted by atomic mass is 10.1. The first-order valence-corrected chi connectivity index (χ1v) is 11.0. The fraction of sp³-hybridized carbons (Fsp3) is 0.192. The summed E-state index contributed by atoms with van der Waals surface area (Å²) in [4.78, 5) is 39.7. The fourth-order valence-corrected chi connectivity index (χ4v) is 4.01. The lowest BCUT2D eigenvalue weighted by Crippen LogP contribution is -2.42. The minimum absolute atomic E-state index is 0.241. The lowest BCUT2D eigenvalue weighted by molar-refractivity contribution is -0.122. The molecule has 168 valence electrons. The highest BCUT2D eigenvalue weighted by atomic mass is 35.5. The van der Waals surface area contributed by atoms with Crippen molar-refractivity contribution in [1.82, 2.24) is 14.5 Å². The standard InChI is InChI=1S/C26H24ClN3O3/c1-16-9-11-21(13-17(16)2)30-25(32)22-12-10-20(27)14-23(22)29(26(30)33)15-24(31)28-18(3)19-7-5-4-6-8-19/h4-14,18H,15H2,1-3H3,(H,28,31). The highest BCUT2D eigenvalue weighted by Crippen LogP contribution is 2.18. The maximum atomic E-state index is 13.5. The third-order valence-corrected chi connectivity index (χ3v) is 6.07. The van der Waals surface area contributed by atoms with Crippen LogP contribution in [-0.4, -0.2) is 15.0 Å².